The lowest BCUT2D eigenvalue weighted by Gasteiger charge is -2.39. The van der Waals surface area contributed by atoms with Gasteiger partial charge in [0.05, 0.1) is 11.8 Å². The van der Waals surface area contributed by atoms with Gasteiger partial charge in [0.2, 0.25) is 5.91 Å². The average molecular weight is 405 g/mol. The molecule has 1 aromatic carbocycles. The second-order valence-corrected chi connectivity index (χ2v) is 8.57. The summed E-state index contributed by atoms with van der Waals surface area (Å²) in [7, 11) is 0. The molecule has 3 heterocycles. The lowest BCUT2D eigenvalue weighted by Crippen LogP contribution is -2.49. The van der Waals surface area contributed by atoms with Gasteiger partial charge in [0.15, 0.2) is 0 Å². The van der Waals surface area contributed by atoms with E-state index in [1.807, 2.05) is 9.80 Å². The molecule has 0 aromatic heterocycles. The summed E-state index contributed by atoms with van der Waals surface area (Å²) >= 11 is 0. The highest BCUT2D eigenvalue weighted by molar-refractivity contribution is 5.83. The van der Waals surface area contributed by atoms with Gasteiger partial charge in [0, 0.05) is 37.3 Å². The Kier molecular flexibility index (Phi) is 5.63. The molecule has 3 N–H and O–H groups in total. The summed E-state index contributed by atoms with van der Waals surface area (Å²) < 4.78 is 14.5. The second kappa shape index (κ2) is 8.18. The third-order valence-electron chi connectivity index (χ3n) is 6.52. The highest BCUT2D eigenvalue weighted by Crippen LogP contribution is 2.37. The molecular weight excluding hydrogens is 377 g/mol. The number of aliphatic hydroxyl groups excluding tert-OH is 1. The van der Waals surface area contributed by atoms with E-state index in [9.17, 15) is 19.1 Å². The van der Waals surface area contributed by atoms with Gasteiger partial charge >= 0.3 is 6.09 Å². The molecule has 0 saturated carbocycles. The summed E-state index contributed by atoms with van der Waals surface area (Å²) in [6, 6.07) is 4.68. The average Bonchev–Trinajstić information content (AvgIpc) is 2.93. The van der Waals surface area contributed by atoms with Crippen molar-refractivity contribution in [1.82, 2.24) is 4.90 Å². The van der Waals surface area contributed by atoms with Crippen LogP contribution in [0.25, 0.3) is 0 Å². The van der Waals surface area contributed by atoms with Gasteiger partial charge in [-0.15, -0.1) is 0 Å². The zero-order valence-corrected chi connectivity index (χ0v) is 16.4. The third-order valence-corrected chi connectivity index (χ3v) is 6.52. The Morgan fingerprint density at radius 3 is 2.55 bits per heavy atom. The number of carboxylic acid groups (broad SMARTS) is 1. The summed E-state index contributed by atoms with van der Waals surface area (Å²) in [4.78, 5) is 27.7. The second-order valence-electron chi connectivity index (χ2n) is 8.57. The topological polar surface area (TPSA) is 93.1 Å². The van der Waals surface area contributed by atoms with Gasteiger partial charge in [-0.3, -0.25) is 10.1 Å². The lowest BCUT2D eigenvalue weighted by molar-refractivity contribution is -0.138. The van der Waals surface area contributed by atoms with Crippen LogP contribution in [0, 0.1) is 11.7 Å². The number of hydrogen-bond acceptors (Lipinski definition) is 4. The highest BCUT2D eigenvalue weighted by Gasteiger charge is 2.43. The molecule has 3 aliphatic heterocycles. The predicted octanol–water partition coefficient (Wildman–Crippen LogP) is 3.04. The fraction of sp³-hybridized carbons (Fsp3) is 0.619. The quantitative estimate of drug-likeness (QED) is 0.716. The van der Waals surface area contributed by atoms with Crippen LogP contribution < -0.4 is 10.2 Å². The van der Waals surface area contributed by atoms with Crippen LogP contribution in [0.15, 0.2) is 18.2 Å². The predicted molar refractivity (Wildman–Crippen MR) is 106 cm³/mol. The normalized spacial score (nSPS) is 29.0. The van der Waals surface area contributed by atoms with Crippen LogP contribution in [0.1, 0.15) is 44.9 Å². The number of halogens is 1. The molecular formula is C21H28FN3O4. The fourth-order valence-corrected chi connectivity index (χ4v) is 5.32. The minimum absolute atomic E-state index is 0.165. The van der Waals surface area contributed by atoms with E-state index in [-0.39, 0.29) is 35.7 Å². The summed E-state index contributed by atoms with van der Waals surface area (Å²) in [6.45, 7) is 1.33. The molecule has 0 spiro atoms. The minimum atomic E-state index is -1.23. The van der Waals surface area contributed by atoms with E-state index in [0.717, 1.165) is 25.7 Å². The molecule has 3 aliphatic rings. The van der Waals surface area contributed by atoms with Crippen LogP contribution >= 0.6 is 0 Å². The number of hydrogen-bond donors (Lipinski definition) is 3. The molecule has 4 rings (SSSR count). The van der Waals surface area contributed by atoms with E-state index in [2.05, 4.69) is 5.32 Å². The van der Waals surface area contributed by atoms with Gasteiger partial charge in [0.1, 0.15) is 5.82 Å². The molecule has 3 unspecified atom stereocenters. The number of nitrogens with one attached hydrogen (secondary N) is 1. The number of anilines is 2. The fourth-order valence-electron chi connectivity index (χ4n) is 5.32. The third kappa shape index (κ3) is 4.32. The zero-order chi connectivity index (χ0) is 20.5. The van der Waals surface area contributed by atoms with Crippen LogP contribution in [0.4, 0.5) is 20.6 Å². The Hall–Kier alpha value is -2.35. The molecule has 158 valence electrons. The minimum Gasteiger partial charge on any atom is -0.465 e. The SMILES string of the molecule is O=C(O)Nc1ccc(N2CCCC(CC(=O)N3C4CCC3CC(O)C4)C2)c(F)c1. The van der Waals surface area contributed by atoms with Crippen LogP contribution in [0.2, 0.25) is 0 Å². The first kappa shape index (κ1) is 19.9. The number of nitrogens with zero attached hydrogens (tertiary/aromatic N) is 2. The van der Waals surface area contributed by atoms with Gasteiger partial charge in [-0.05, 0) is 62.6 Å². The molecule has 29 heavy (non-hydrogen) atoms. The molecule has 3 saturated heterocycles. The molecule has 2 amide bonds. The molecule has 3 fully saturated rings. The van der Waals surface area contributed by atoms with E-state index in [4.69, 9.17) is 5.11 Å². The maximum Gasteiger partial charge on any atom is 0.409 e. The van der Waals surface area contributed by atoms with Crippen LogP contribution in [-0.4, -0.2) is 58.4 Å². The first-order valence-electron chi connectivity index (χ1n) is 10.4. The Bertz CT molecular complexity index is 775. The van der Waals surface area contributed by atoms with Crippen molar-refractivity contribution in [3.8, 4) is 0 Å². The Labute approximate surface area is 169 Å². The molecule has 3 atom stereocenters. The number of carbonyl (C=O) groups is 2. The van der Waals surface area contributed by atoms with Crippen molar-refractivity contribution in [2.75, 3.05) is 23.3 Å². The summed E-state index contributed by atoms with van der Waals surface area (Å²) in [5.41, 5.74) is 0.643. The summed E-state index contributed by atoms with van der Waals surface area (Å²) in [5.74, 6) is -0.136. The maximum absolute atomic E-state index is 14.5. The van der Waals surface area contributed by atoms with Gasteiger partial charge in [-0.1, -0.05) is 0 Å². The maximum atomic E-state index is 14.5. The van der Waals surface area contributed by atoms with E-state index >= 15 is 0 Å². The number of aliphatic hydroxyl groups is 1. The van der Waals surface area contributed by atoms with Gasteiger partial charge in [0.25, 0.3) is 0 Å². The van der Waals surface area contributed by atoms with Crippen molar-refractivity contribution in [3.05, 3.63) is 24.0 Å². The summed E-state index contributed by atoms with van der Waals surface area (Å²) in [5, 5.41) is 20.9. The van der Waals surface area contributed by atoms with Crippen LogP contribution in [0.5, 0.6) is 0 Å². The number of fused-ring (bicyclic) bond motifs is 2. The molecule has 8 heteroatoms. The van der Waals surface area contributed by atoms with E-state index in [1.54, 1.807) is 12.1 Å². The molecule has 7 nitrogen and oxygen atoms in total. The van der Waals surface area contributed by atoms with Crippen LogP contribution in [0.3, 0.4) is 0 Å². The molecule has 2 bridgehead atoms. The number of piperidine rings is 2. The monoisotopic (exact) mass is 405 g/mol. The number of benzene rings is 1. The van der Waals surface area contributed by atoms with Crippen molar-refractivity contribution in [2.45, 2.75) is 63.1 Å². The standard InChI is InChI=1S/C21H28FN3O4/c22-18-9-14(23-21(28)29)3-6-19(18)24-7-1-2-13(12-24)8-20(27)25-15-4-5-16(25)11-17(26)10-15/h3,6,9,13,15-17,23,26H,1-2,4-5,7-8,10-12H2,(H,28,29). The van der Waals surface area contributed by atoms with Crippen molar-refractivity contribution < 1.29 is 24.2 Å². The zero-order valence-electron chi connectivity index (χ0n) is 16.4. The highest BCUT2D eigenvalue weighted by atomic mass is 19.1. The van der Waals surface area contributed by atoms with Crippen molar-refractivity contribution in [3.63, 3.8) is 0 Å². The van der Waals surface area contributed by atoms with Gasteiger partial charge in [-0.25, -0.2) is 9.18 Å². The first-order chi connectivity index (χ1) is 13.9. The number of amides is 2. The molecule has 1 aromatic rings. The van der Waals surface area contributed by atoms with E-state index in [1.165, 1.54) is 6.07 Å². The lowest BCUT2D eigenvalue weighted by atomic mass is 9.92. The first-order valence-corrected chi connectivity index (χ1v) is 10.4. The molecule has 0 radical (unpaired) electrons. The Balaban J connectivity index is 1.39. The smallest absolute Gasteiger partial charge is 0.409 e. The van der Waals surface area contributed by atoms with Gasteiger partial charge < -0.3 is 20.0 Å². The Morgan fingerprint density at radius 2 is 1.90 bits per heavy atom. The Morgan fingerprint density at radius 1 is 1.17 bits per heavy atom. The van der Waals surface area contributed by atoms with Gasteiger partial charge in [-0.2, -0.15) is 0 Å². The summed E-state index contributed by atoms with van der Waals surface area (Å²) in [6.07, 6.45) is 4.09. The van der Waals surface area contributed by atoms with Crippen molar-refractivity contribution in [2.24, 2.45) is 5.92 Å². The van der Waals surface area contributed by atoms with Crippen molar-refractivity contribution in [1.29, 1.82) is 0 Å². The van der Waals surface area contributed by atoms with Crippen molar-refractivity contribution >= 4 is 23.4 Å². The number of rotatable bonds is 4. The largest absolute Gasteiger partial charge is 0.465 e. The van der Waals surface area contributed by atoms with E-state index in [0.29, 0.717) is 38.0 Å². The number of carbonyl (C=O) groups excluding carboxylic acids is 1. The van der Waals surface area contributed by atoms with Crippen LogP contribution in [-0.2, 0) is 4.79 Å². The van der Waals surface area contributed by atoms with E-state index < -0.39 is 11.9 Å². The molecule has 0 aliphatic carbocycles.